The highest BCUT2D eigenvalue weighted by Crippen LogP contribution is 2.35. The topological polar surface area (TPSA) is 3.24 Å². The van der Waals surface area contributed by atoms with Gasteiger partial charge in [0.25, 0.3) is 0 Å². The van der Waals surface area contributed by atoms with Crippen LogP contribution in [-0.4, -0.2) is 33.0 Å². The van der Waals surface area contributed by atoms with Gasteiger partial charge in [-0.1, -0.05) is 18.4 Å². The summed E-state index contributed by atoms with van der Waals surface area (Å²) in [6.45, 7) is 10.6. The second kappa shape index (κ2) is 5.16. The van der Waals surface area contributed by atoms with Crippen LogP contribution in [-0.2, 0) is 0 Å². The van der Waals surface area contributed by atoms with Crippen molar-refractivity contribution in [1.29, 1.82) is 0 Å². The van der Waals surface area contributed by atoms with Crippen molar-refractivity contribution >= 4 is 9.52 Å². The largest absolute Gasteiger partial charge is 0.299 e. The summed E-state index contributed by atoms with van der Waals surface area (Å²) in [5.41, 5.74) is 1.24. The van der Waals surface area contributed by atoms with Gasteiger partial charge in [0.2, 0.25) is 0 Å². The zero-order valence-corrected chi connectivity index (χ0v) is 11.1. The number of hydrogen-bond acceptors (Lipinski definition) is 1. The lowest BCUT2D eigenvalue weighted by molar-refractivity contribution is 0.185. The second-order valence-corrected chi connectivity index (χ2v) is 7.45. The molecule has 1 aliphatic carbocycles. The van der Waals surface area contributed by atoms with E-state index in [1.165, 1.54) is 12.1 Å². The third-order valence-corrected chi connectivity index (χ3v) is 5.41. The first-order chi connectivity index (χ1) is 6.11. The van der Waals surface area contributed by atoms with Gasteiger partial charge < -0.3 is 0 Å². The van der Waals surface area contributed by atoms with Crippen LogP contribution < -0.4 is 0 Å². The van der Waals surface area contributed by atoms with Gasteiger partial charge in [-0.2, -0.15) is 0 Å². The minimum atomic E-state index is 0.309. The summed E-state index contributed by atoms with van der Waals surface area (Å²) in [5.74, 6) is 0. The van der Waals surface area contributed by atoms with Crippen LogP contribution in [0, 0.1) is 0 Å². The van der Waals surface area contributed by atoms with Crippen LogP contribution in [0.5, 0.6) is 0 Å². The van der Waals surface area contributed by atoms with E-state index >= 15 is 0 Å². The molecule has 0 aromatic rings. The zero-order valence-electron chi connectivity index (χ0n) is 9.71. The normalized spacial score (nSPS) is 18.7. The predicted molar refractivity (Wildman–Crippen MR) is 63.3 cm³/mol. The summed E-state index contributed by atoms with van der Waals surface area (Å²) >= 11 is 0. The molecule has 1 saturated carbocycles. The molecule has 0 heterocycles. The van der Waals surface area contributed by atoms with Crippen molar-refractivity contribution < 1.29 is 0 Å². The van der Waals surface area contributed by atoms with Gasteiger partial charge in [0.15, 0.2) is 0 Å². The standard InChI is InChI=1S/C11H25NSi/c1-9(2)12(10(3)4)7-8-13-11-5-6-11/h9-11H,5-8,13H2,1-4H3. The maximum atomic E-state index is 2.63. The predicted octanol–water partition coefficient (Wildman–Crippen LogP) is 2.27. The molecule has 2 heteroatoms. The smallest absolute Gasteiger partial charge is 0.0246 e. The van der Waals surface area contributed by atoms with E-state index in [2.05, 4.69) is 32.6 Å². The van der Waals surface area contributed by atoms with Crippen LogP contribution in [0.4, 0.5) is 0 Å². The molecule has 0 aliphatic heterocycles. The van der Waals surface area contributed by atoms with E-state index in [1.807, 2.05) is 0 Å². The van der Waals surface area contributed by atoms with Gasteiger partial charge in [-0.3, -0.25) is 4.90 Å². The lowest BCUT2D eigenvalue weighted by Gasteiger charge is -2.30. The third kappa shape index (κ3) is 4.27. The molecule has 0 amide bonds. The highest BCUT2D eigenvalue weighted by Gasteiger charge is 2.21. The van der Waals surface area contributed by atoms with E-state index in [-0.39, 0.29) is 0 Å². The van der Waals surface area contributed by atoms with Crippen LogP contribution in [0.1, 0.15) is 40.5 Å². The van der Waals surface area contributed by atoms with E-state index in [4.69, 9.17) is 0 Å². The quantitative estimate of drug-likeness (QED) is 0.593. The molecule has 0 aromatic heterocycles. The van der Waals surface area contributed by atoms with Crippen molar-refractivity contribution in [3.8, 4) is 0 Å². The average Bonchev–Trinajstić information content (AvgIpc) is 2.79. The Morgan fingerprint density at radius 3 is 2.08 bits per heavy atom. The van der Waals surface area contributed by atoms with Gasteiger partial charge in [-0.05, 0) is 40.3 Å². The molecule has 0 bridgehead atoms. The Hall–Kier alpha value is 0.177. The fraction of sp³-hybridized carbons (Fsp3) is 1.00. The highest BCUT2D eigenvalue weighted by molar-refractivity contribution is 6.38. The number of nitrogens with zero attached hydrogens (tertiary/aromatic N) is 1. The highest BCUT2D eigenvalue weighted by atomic mass is 28.2. The summed E-state index contributed by atoms with van der Waals surface area (Å²) in [7, 11) is 0.309. The van der Waals surface area contributed by atoms with Crippen molar-refractivity contribution in [3.05, 3.63) is 0 Å². The monoisotopic (exact) mass is 199 g/mol. The molecule has 0 saturated heterocycles. The molecule has 0 spiro atoms. The Labute approximate surface area is 85.7 Å². The van der Waals surface area contributed by atoms with E-state index in [0.717, 1.165) is 12.1 Å². The SMILES string of the molecule is CC(C)N(CC[SiH2]C1CC1)C(C)C. The Balaban J connectivity index is 2.12. The van der Waals surface area contributed by atoms with Crippen LogP contribution >= 0.6 is 0 Å². The molecule has 0 aromatic carbocycles. The molecule has 0 radical (unpaired) electrons. The molecule has 13 heavy (non-hydrogen) atoms. The molecular weight excluding hydrogens is 174 g/mol. The third-order valence-electron chi connectivity index (χ3n) is 3.05. The molecule has 1 aliphatic rings. The first kappa shape index (κ1) is 11.3. The van der Waals surface area contributed by atoms with Crippen molar-refractivity contribution in [1.82, 2.24) is 4.90 Å². The van der Waals surface area contributed by atoms with Gasteiger partial charge in [0, 0.05) is 21.6 Å². The van der Waals surface area contributed by atoms with Crippen molar-refractivity contribution in [2.45, 2.75) is 64.2 Å². The van der Waals surface area contributed by atoms with Crippen LogP contribution in [0.2, 0.25) is 11.6 Å². The van der Waals surface area contributed by atoms with Crippen molar-refractivity contribution in [2.75, 3.05) is 6.54 Å². The van der Waals surface area contributed by atoms with E-state index < -0.39 is 0 Å². The molecule has 0 atom stereocenters. The zero-order chi connectivity index (χ0) is 9.84. The Morgan fingerprint density at radius 1 is 1.15 bits per heavy atom. The molecule has 1 nitrogen and oxygen atoms in total. The maximum absolute atomic E-state index is 2.63. The first-order valence-corrected chi connectivity index (χ1v) is 7.68. The van der Waals surface area contributed by atoms with Gasteiger partial charge in [0.1, 0.15) is 0 Å². The van der Waals surface area contributed by atoms with Gasteiger partial charge >= 0.3 is 0 Å². The Kier molecular flexibility index (Phi) is 4.46. The summed E-state index contributed by atoms with van der Waals surface area (Å²) in [6.07, 6.45) is 3.13. The van der Waals surface area contributed by atoms with Crippen LogP contribution in [0.25, 0.3) is 0 Å². The minimum absolute atomic E-state index is 0.309. The second-order valence-electron chi connectivity index (χ2n) is 5.01. The Morgan fingerprint density at radius 2 is 1.69 bits per heavy atom. The lowest BCUT2D eigenvalue weighted by Crippen LogP contribution is -2.37. The summed E-state index contributed by atoms with van der Waals surface area (Å²) in [4.78, 5) is 2.63. The summed E-state index contributed by atoms with van der Waals surface area (Å²) in [5, 5.41) is 0. The Bertz CT molecular complexity index is 133. The van der Waals surface area contributed by atoms with Crippen molar-refractivity contribution in [3.63, 3.8) is 0 Å². The van der Waals surface area contributed by atoms with Gasteiger partial charge in [0.05, 0.1) is 0 Å². The van der Waals surface area contributed by atoms with E-state index in [9.17, 15) is 0 Å². The summed E-state index contributed by atoms with van der Waals surface area (Å²) < 4.78 is 0. The minimum Gasteiger partial charge on any atom is -0.299 e. The van der Waals surface area contributed by atoms with Crippen LogP contribution in [0.3, 0.4) is 0 Å². The molecule has 0 unspecified atom stereocenters. The fourth-order valence-electron chi connectivity index (χ4n) is 2.08. The molecule has 1 rings (SSSR count). The summed E-state index contributed by atoms with van der Waals surface area (Å²) in [6, 6.07) is 3.00. The number of hydrogen-bond donors (Lipinski definition) is 0. The molecule has 0 N–H and O–H groups in total. The van der Waals surface area contributed by atoms with Crippen LogP contribution in [0.15, 0.2) is 0 Å². The molecule has 1 fully saturated rings. The molecule has 78 valence electrons. The fourth-order valence-corrected chi connectivity index (χ4v) is 4.02. The van der Waals surface area contributed by atoms with E-state index in [1.54, 1.807) is 18.9 Å². The first-order valence-electron chi connectivity index (χ1n) is 5.87. The van der Waals surface area contributed by atoms with Crippen molar-refractivity contribution in [2.24, 2.45) is 0 Å². The molecular formula is C11H25NSi. The number of rotatable bonds is 6. The average molecular weight is 199 g/mol. The van der Waals surface area contributed by atoms with Gasteiger partial charge in [-0.15, -0.1) is 0 Å². The van der Waals surface area contributed by atoms with Gasteiger partial charge in [-0.25, -0.2) is 0 Å². The lowest BCUT2D eigenvalue weighted by atomic mass is 10.2. The van der Waals surface area contributed by atoms with E-state index in [0.29, 0.717) is 9.52 Å². The maximum Gasteiger partial charge on any atom is 0.0246 e.